The molecular weight excluding hydrogens is 318 g/mol. The van der Waals surface area contributed by atoms with Crippen molar-refractivity contribution in [1.29, 1.82) is 0 Å². The summed E-state index contributed by atoms with van der Waals surface area (Å²) in [5.74, 6) is -1.40. The van der Waals surface area contributed by atoms with E-state index < -0.39 is 11.6 Å². The molecule has 3 rings (SSSR count). The van der Waals surface area contributed by atoms with Gasteiger partial charge in [-0.1, -0.05) is 0 Å². The zero-order valence-electron chi connectivity index (χ0n) is 13.6. The average molecular weight is 338 g/mol. The summed E-state index contributed by atoms with van der Waals surface area (Å²) in [6, 6.07) is 3.12. The molecular formula is C17H20F2N2O3. The number of benzene rings is 1. The Bertz CT molecular complexity index is 657. The lowest BCUT2D eigenvalue weighted by Crippen LogP contribution is -2.54. The van der Waals surface area contributed by atoms with E-state index in [1.165, 1.54) is 12.2 Å². The molecule has 0 N–H and O–H groups in total. The van der Waals surface area contributed by atoms with Crippen LogP contribution in [0.15, 0.2) is 18.2 Å². The maximum atomic E-state index is 13.7. The predicted octanol–water partition coefficient (Wildman–Crippen LogP) is 2.05. The van der Waals surface area contributed by atoms with Gasteiger partial charge in [0.1, 0.15) is 11.6 Å². The van der Waals surface area contributed by atoms with E-state index in [0.29, 0.717) is 32.4 Å². The number of halogens is 2. The largest absolute Gasteiger partial charge is 0.342 e. The van der Waals surface area contributed by atoms with Crippen LogP contribution in [0.25, 0.3) is 0 Å². The first-order valence-corrected chi connectivity index (χ1v) is 8.04. The zero-order chi connectivity index (χ0) is 17.3. The van der Waals surface area contributed by atoms with E-state index in [1.54, 1.807) is 4.90 Å². The molecule has 0 atom stereocenters. The van der Waals surface area contributed by atoms with Crippen molar-refractivity contribution in [3.8, 4) is 0 Å². The van der Waals surface area contributed by atoms with Crippen LogP contribution in [0.3, 0.4) is 0 Å². The van der Waals surface area contributed by atoms with Crippen molar-refractivity contribution in [2.45, 2.75) is 37.6 Å². The minimum Gasteiger partial charge on any atom is -0.342 e. The van der Waals surface area contributed by atoms with Gasteiger partial charge in [0.2, 0.25) is 11.8 Å². The Labute approximate surface area is 139 Å². The highest BCUT2D eigenvalue weighted by Crippen LogP contribution is 2.39. The highest BCUT2D eigenvalue weighted by Gasteiger charge is 2.48. The highest BCUT2D eigenvalue weighted by molar-refractivity contribution is 5.80. The van der Waals surface area contributed by atoms with Gasteiger partial charge in [-0.25, -0.2) is 13.8 Å². The van der Waals surface area contributed by atoms with E-state index in [4.69, 9.17) is 4.84 Å². The zero-order valence-corrected chi connectivity index (χ0v) is 13.6. The fourth-order valence-corrected chi connectivity index (χ4v) is 3.68. The molecule has 2 aliphatic heterocycles. The summed E-state index contributed by atoms with van der Waals surface area (Å²) < 4.78 is 26.9. The second kappa shape index (κ2) is 6.47. The van der Waals surface area contributed by atoms with Gasteiger partial charge in [0.25, 0.3) is 0 Å². The van der Waals surface area contributed by atoms with Crippen LogP contribution >= 0.6 is 0 Å². The van der Waals surface area contributed by atoms with Crippen molar-refractivity contribution in [3.63, 3.8) is 0 Å². The minimum absolute atomic E-state index is 0.0286. The Morgan fingerprint density at radius 1 is 1.25 bits per heavy atom. The summed E-state index contributed by atoms with van der Waals surface area (Å²) in [5, 5.41) is 1.45. The number of hydrogen-bond donors (Lipinski definition) is 0. The third kappa shape index (κ3) is 3.00. The quantitative estimate of drug-likeness (QED) is 0.848. The highest BCUT2D eigenvalue weighted by atomic mass is 19.1. The van der Waals surface area contributed by atoms with Gasteiger partial charge in [-0.05, 0) is 37.5 Å². The SMILES string of the molecule is CON1C(=O)CCC12CCN(C(=O)Cc1cc(F)ccc1F)CC2. The molecule has 2 aliphatic rings. The Balaban J connectivity index is 1.63. The molecule has 2 amide bonds. The molecule has 0 radical (unpaired) electrons. The van der Waals surface area contributed by atoms with Crippen LogP contribution in [-0.2, 0) is 20.8 Å². The van der Waals surface area contributed by atoms with E-state index >= 15 is 0 Å². The Morgan fingerprint density at radius 2 is 1.96 bits per heavy atom. The fraction of sp³-hybridized carbons (Fsp3) is 0.529. The van der Waals surface area contributed by atoms with E-state index in [-0.39, 0.29) is 29.3 Å². The van der Waals surface area contributed by atoms with E-state index in [0.717, 1.165) is 24.6 Å². The maximum Gasteiger partial charge on any atom is 0.246 e. The molecule has 0 saturated carbocycles. The summed E-state index contributed by atoms with van der Waals surface area (Å²) in [6.07, 6.45) is 2.27. The first-order chi connectivity index (χ1) is 11.4. The number of hydroxylamine groups is 2. The summed E-state index contributed by atoms with van der Waals surface area (Å²) >= 11 is 0. The molecule has 130 valence electrons. The molecule has 0 aliphatic carbocycles. The Morgan fingerprint density at radius 3 is 2.62 bits per heavy atom. The van der Waals surface area contributed by atoms with Crippen molar-refractivity contribution in [3.05, 3.63) is 35.4 Å². The first-order valence-electron chi connectivity index (χ1n) is 8.04. The molecule has 2 heterocycles. The second-order valence-corrected chi connectivity index (χ2v) is 6.39. The van der Waals surface area contributed by atoms with Crippen LogP contribution in [0.2, 0.25) is 0 Å². The molecule has 1 aromatic rings. The number of rotatable bonds is 3. The topological polar surface area (TPSA) is 49.9 Å². The van der Waals surface area contributed by atoms with Gasteiger partial charge in [-0.2, -0.15) is 0 Å². The van der Waals surface area contributed by atoms with Gasteiger partial charge in [0.05, 0.1) is 19.1 Å². The van der Waals surface area contributed by atoms with Crippen molar-refractivity contribution in [2.24, 2.45) is 0 Å². The van der Waals surface area contributed by atoms with Gasteiger partial charge in [0.15, 0.2) is 0 Å². The lowest BCUT2D eigenvalue weighted by molar-refractivity contribution is -0.202. The summed E-state index contributed by atoms with van der Waals surface area (Å²) in [4.78, 5) is 31.1. The third-order valence-corrected chi connectivity index (χ3v) is 5.04. The van der Waals surface area contributed by atoms with E-state index in [9.17, 15) is 18.4 Å². The number of piperidine rings is 1. The molecule has 7 heteroatoms. The number of hydrogen-bond acceptors (Lipinski definition) is 3. The van der Waals surface area contributed by atoms with Crippen LogP contribution < -0.4 is 0 Å². The van der Waals surface area contributed by atoms with Crippen LogP contribution in [0, 0.1) is 11.6 Å². The summed E-state index contributed by atoms with van der Waals surface area (Å²) in [7, 11) is 1.48. The van der Waals surface area contributed by atoms with Crippen molar-refractivity contribution < 1.29 is 23.2 Å². The fourth-order valence-electron chi connectivity index (χ4n) is 3.68. The second-order valence-electron chi connectivity index (χ2n) is 6.39. The number of likely N-dealkylation sites (tertiary alicyclic amines) is 1. The molecule has 1 aromatic carbocycles. The van der Waals surface area contributed by atoms with Crippen LogP contribution in [0.1, 0.15) is 31.2 Å². The maximum absolute atomic E-state index is 13.7. The van der Waals surface area contributed by atoms with Crippen molar-refractivity contribution >= 4 is 11.8 Å². The molecule has 5 nitrogen and oxygen atoms in total. The smallest absolute Gasteiger partial charge is 0.246 e. The van der Waals surface area contributed by atoms with Gasteiger partial charge >= 0.3 is 0 Å². The number of amides is 2. The van der Waals surface area contributed by atoms with Gasteiger partial charge in [0, 0.05) is 25.1 Å². The lowest BCUT2D eigenvalue weighted by atomic mass is 9.86. The van der Waals surface area contributed by atoms with E-state index in [1.807, 2.05) is 0 Å². The van der Waals surface area contributed by atoms with Gasteiger partial charge in [-0.3, -0.25) is 14.4 Å². The van der Waals surface area contributed by atoms with E-state index in [2.05, 4.69) is 0 Å². The first kappa shape index (κ1) is 16.8. The summed E-state index contributed by atoms with van der Waals surface area (Å²) in [5.41, 5.74) is -0.276. The molecule has 0 unspecified atom stereocenters. The Kier molecular flexibility index (Phi) is 4.54. The molecule has 0 bridgehead atoms. The van der Waals surface area contributed by atoms with Gasteiger partial charge in [-0.15, -0.1) is 0 Å². The lowest BCUT2D eigenvalue weighted by Gasteiger charge is -2.43. The summed E-state index contributed by atoms with van der Waals surface area (Å²) in [6.45, 7) is 0.950. The van der Waals surface area contributed by atoms with Crippen molar-refractivity contribution in [1.82, 2.24) is 9.96 Å². The molecule has 1 spiro atoms. The average Bonchev–Trinajstić information content (AvgIpc) is 2.87. The standard InChI is InChI=1S/C17H20F2N2O3/c1-24-21-15(22)4-5-17(21)6-8-20(9-7-17)16(23)11-12-10-13(18)2-3-14(12)19/h2-3,10H,4-9,11H2,1H3. The van der Waals surface area contributed by atoms with Crippen LogP contribution in [0.4, 0.5) is 8.78 Å². The molecule has 2 saturated heterocycles. The van der Waals surface area contributed by atoms with Crippen LogP contribution in [0.5, 0.6) is 0 Å². The van der Waals surface area contributed by atoms with Crippen LogP contribution in [-0.4, -0.2) is 47.5 Å². The van der Waals surface area contributed by atoms with Crippen molar-refractivity contribution in [2.75, 3.05) is 20.2 Å². The Hall–Kier alpha value is -2.02. The third-order valence-electron chi connectivity index (χ3n) is 5.04. The predicted molar refractivity (Wildman–Crippen MR) is 81.7 cm³/mol. The van der Waals surface area contributed by atoms with Gasteiger partial charge < -0.3 is 4.90 Å². The molecule has 0 aromatic heterocycles. The molecule has 24 heavy (non-hydrogen) atoms. The monoisotopic (exact) mass is 338 g/mol. The molecule has 2 fully saturated rings. The number of carbonyl (C=O) groups is 2. The number of carbonyl (C=O) groups excluding carboxylic acids is 2. The minimum atomic E-state index is -0.579. The number of nitrogens with zero attached hydrogens (tertiary/aromatic N) is 2. The normalized spacial score (nSPS) is 20.0.